The maximum absolute atomic E-state index is 12.0. The van der Waals surface area contributed by atoms with Crippen molar-refractivity contribution in [3.63, 3.8) is 0 Å². The van der Waals surface area contributed by atoms with Crippen molar-refractivity contribution >= 4 is 11.6 Å². The smallest absolute Gasteiger partial charge is 0.251 e. The number of nitrogens with one attached hydrogen (secondary N) is 2. The summed E-state index contributed by atoms with van der Waals surface area (Å²) in [6.07, 6.45) is 3.16. The van der Waals surface area contributed by atoms with Crippen LogP contribution in [-0.4, -0.2) is 43.9 Å². The van der Waals surface area contributed by atoms with Gasteiger partial charge in [0.05, 0.1) is 19.8 Å². The fourth-order valence-corrected chi connectivity index (χ4v) is 2.28. The lowest BCUT2D eigenvalue weighted by atomic mass is 10.1. The Bertz CT molecular complexity index is 526. The Morgan fingerprint density at radius 3 is 3.00 bits per heavy atom. The molecule has 0 saturated carbocycles. The van der Waals surface area contributed by atoms with Crippen LogP contribution in [0.1, 0.15) is 22.3 Å². The van der Waals surface area contributed by atoms with Gasteiger partial charge in [-0.1, -0.05) is 12.1 Å². The molecule has 0 spiro atoms. The van der Waals surface area contributed by atoms with Crippen LogP contribution in [0.2, 0.25) is 0 Å². The molecule has 1 aliphatic heterocycles. The van der Waals surface area contributed by atoms with Crippen molar-refractivity contribution in [2.75, 3.05) is 38.2 Å². The minimum atomic E-state index is -0.162. The van der Waals surface area contributed by atoms with E-state index in [9.17, 15) is 4.79 Å². The molecule has 0 aliphatic carbocycles. The van der Waals surface area contributed by atoms with Crippen LogP contribution in [0.4, 0.5) is 5.69 Å². The van der Waals surface area contributed by atoms with E-state index in [1.807, 2.05) is 19.1 Å². The molecule has 0 fully saturated rings. The van der Waals surface area contributed by atoms with E-state index >= 15 is 0 Å². The van der Waals surface area contributed by atoms with Crippen LogP contribution in [0.5, 0.6) is 0 Å². The number of benzene rings is 1. The number of carbonyl (C=O) groups is 1. The maximum atomic E-state index is 12.0. The maximum Gasteiger partial charge on any atom is 0.251 e. The Hall–Kier alpha value is -1.85. The normalized spacial score (nSPS) is 14.5. The van der Waals surface area contributed by atoms with Crippen LogP contribution in [0, 0.1) is 6.92 Å². The highest BCUT2D eigenvalue weighted by atomic mass is 16.5. The molecule has 2 rings (SSSR count). The molecule has 1 aliphatic rings. The topological polar surface area (TPSA) is 70.6 Å². The number of anilines is 1. The summed E-state index contributed by atoms with van der Waals surface area (Å²) < 4.78 is 5.41. The molecule has 1 aromatic rings. The number of hydrogen-bond donors (Lipinski definition) is 3. The molecule has 0 unspecified atom stereocenters. The first-order valence-corrected chi connectivity index (χ1v) is 7.20. The van der Waals surface area contributed by atoms with Crippen LogP contribution in [0.3, 0.4) is 0 Å². The molecule has 0 atom stereocenters. The number of amides is 1. The average molecular weight is 290 g/mol. The van der Waals surface area contributed by atoms with Gasteiger partial charge in [-0.25, -0.2) is 0 Å². The van der Waals surface area contributed by atoms with Gasteiger partial charge in [0.2, 0.25) is 0 Å². The average Bonchev–Trinajstić information content (AvgIpc) is 2.52. The molecule has 21 heavy (non-hydrogen) atoms. The second-order valence-electron chi connectivity index (χ2n) is 5.01. The number of hydrogen-bond acceptors (Lipinski definition) is 4. The van der Waals surface area contributed by atoms with E-state index in [0.29, 0.717) is 12.2 Å². The highest BCUT2D eigenvalue weighted by Gasteiger charge is 2.11. The number of carbonyl (C=O) groups excluding carboxylic acids is 1. The zero-order chi connectivity index (χ0) is 15.1. The van der Waals surface area contributed by atoms with Gasteiger partial charge in [-0.3, -0.25) is 4.79 Å². The largest absolute Gasteiger partial charge is 0.395 e. The summed E-state index contributed by atoms with van der Waals surface area (Å²) in [7, 11) is 0. The molecule has 5 nitrogen and oxygen atoms in total. The summed E-state index contributed by atoms with van der Waals surface area (Å²) in [6, 6.07) is 5.60. The molecule has 3 N–H and O–H groups in total. The second kappa shape index (κ2) is 7.81. The monoisotopic (exact) mass is 290 g/mol. The van der Waals surface area contributed by atoms with E-state index in [1.54, 1.807) is 6.07 Å². The van der Waals surface area contributed by atoms with Crippen molar-refractivity contribution in [1.82, 2.24) is 5.32 Å². The molecule has 1 amide bonds. The Morgan fingerprint density at radius 2 is 2.29 bits per heavy atom. The third-order valence-corrected chi connectivity index (χ3v) is 3.46. The fraction of sp³-hybridized carbons (Fsp3) is 0.438. The SMILES string of the molecule is Cc1c(NCC2=CCCOC2)cccc1C(=O)NCCO. The number of rotatable bonds is 6. The van der Waals surface area contributed by atoms with Gasteiger partial charge in [-0.2, -0.15) is 0 Å². The molecule has 114 valence electrons. The molecule has 1 aromatic carbocycles. The lowest BCUT2D eigenvalue weighted by molar-refractivity contribution is 0.0944. The molecule has 0 radical (unpaired) electrons. The summed E-state index contributed by atoms with van der Waals surface area (Å²) in [6.45, 7) is 4.31. The Morgan fingerprint density at radius 1 is 1.43 bits per heavy atom. The van der Waals surface area contributed by atoms with E-state index in [1.165, 1.54) is 5.57 Å². The van der Waals surface area contributed by atoms with Crippen LogP contribution >= 0.6 is 0 Å². The molecular formula is C16H22N2O3. The standard InChI is InChI=1S/C16H22N2O3/c1-12-14(16(20)17-7-8-19)5-2-6-15(12)18-10-13-4-3-9-21-11-13/h2,4-6,18-19H,3,7-11H2,1H3,(H,17,20). The molecule has 0 bridgehead atoms. The summed E-state index contributed by atoms with van der Waals surface area (Å²) in [5.41, 5.74) is 3.71. The molecule has 1 heterocycles. The van der Waals surface area contributed by atoms with Gasteiger partial charge < -0.3 is 20.5 Å². The molecule has 0 aromatic heterocycles. The Labute approximate surface area is 125 Å². The van der Waals surface area contributed by atoms with E-state index in [4.69, 9.17) is 9.84 Å². The predicted molar refractivity (Wildman–Crippen MR) is 82.6 cm³/mol. The van der Waals surface area contributed by atoms with Crippen molar-refractivity contribution in [1.29, 1.82) is 0 Å². The zero-order valence-electron chi connectivity index (χ0n) is 12.3. The molecule has 0 saturated heterocycles. The van der Waals surface area contributed by atoms with Crippen molar-refractivity contribution in [2.45, 2.75) is 13.3 Å². The molecule has 5 heteroatoms. The number of aliphatic hydroxyl groups excluding tert-OH is 1. The number of aliphatic hydroxyl groups is 1. The van der Waals surface area contributed by atoms with E-state index in [2.05, 4.69) is 16.7 Å². The zero-order valence-corrected chi connectivity index (χ0v) is 12.3. The van der Waals surface area contributed by atoms with Gasteiger partial charge in [-0.05, 0) is 36.6 Å². The lowest BCUT2D eigenvalue weighted by Gasteiger charge is -2.17. The molecular weight excluding hydrogens is 268 g/mol. The first kappa shape index (κ1) is 15.5. The van der Waals surface area contributed by atoms with Crippen molar-refractivity contribution < 1.29 is 14.6 Å². The van der Waals surface area contributed by atoms with E-state index < -0.39 is 0 Å². The first-order valence-electron chi connectivity index (χ1n) is 7.20. The third-order valence-electron chi connectivity index (χ3n) is 3.46. The van der Waals surface area contributed by atoms with Crippen LogP contribution in [0.25, 0.3) is 0 Å². The van der Waals surface area contributed by atoms with E-state index in [-0.39, 0.29) is 19.1 Å². The van der Waals surface area contributed by atoms with Crippen molar-refractivity contribution in [3.05, 3.63) is 41.0 Å². The van der Waals surface area contributed by atoms with Crippen LogP contribution in [-0.2, 0) is 4.74 Å². The Kier molecular flexibility index (Phi) is 5.78. The third kappa shape index (κ3) is 4.31. The summed E-state index contributed by atoms with van der Waals surface area (Å²) in [5, 5.41) is 14.8. The van der Waals surface area contributed by atoms with Crippen molar-refractivity contribution in [3.8, 4) is 0 Å². The minimum absolute atomic E-state index is 0.0586. The minimum Gasteiger partial charge on any atom is -0.395 e. The van der Waals surface area contributed by atoms with Gasteiger partial charge >= 0.3 is 0 Å². The second-order valence-corrected chi connectivity index (χ2v) is 5.01. The highest BCUT2D eigenvalue weighted by molar-refractivity contribution is 5.97. The summed E-state index contributed by atoms with van der Waals surface area (Å²) in [4.78, 5) is 12.0. The van der Waals surface area contributed by atoms with Gasteiger partial charge in [-0.15, -0.1) is 0 Å². The van der Waals surface area contributed by atoms with Gasteiger partial charge in [0.25, 0.3) is 5.91 Å². The number of ether oxygens (including phenoxy) is 1. The van der Waals surface area contributed by atoms with Crippen LogP contribution < -0.4 is 10.6 Å². The van der Waals surface area contributed by atoms with E-state index in [0.717, 1.165) is 30.8 Å². The first-order chi connectivity index (χ1) is 10.2. The predicted octanol–water partition coefficient (Wildman–Crippen LogP) is 1.48. The lowest BCUT2D eigenvalue weighted by Crippen LogP contribution is -2.27. The fourth-order valence-electron chi connectivity index (χ4n) is 2.28. The highest BCUT2D eigenvalue weighted by Crippen LogP contribution is 2.19. The van der Waals surface area contributed by atoms with Crippen molar-refractivity contribution in [2.24, 2.45) is 0 Å². The Balaban J connectivity index is 2.03. The summed E-state index contributed by atoms with van der Waals surface area (Å²) in [5.74, 6) is -0.162. The summed E-state index contributed by atoms with van der Waals surface area (Å²) >= 11 is 0. The quantitative estimate of drug-likeness (QED) is 0.694. The van der Waals surface area contributed by atoms with Gasteiger partial charge in [0.1, 0.15) is 0 Å². The van der Waals surface area contributed by atoms with Crippen LogP contribution in [0.15, 0.2) is 29.8 Å². The van der Waals surface area contributed by atoms with Gasteiger partial charge in [0.15, 0.2) is 0 Å². The van der Waals surface area contributed by atoms with Gasteiger partial charge in [0, 0.05) is 24.3 Å².